The van der Waals surface area contributed by atoms with Crippen LogP contribution in [0.25, 0.3) is 0 Å². The Balaban J connectivity index is 2.63. The molecule has 2 amide bonds. The van der Waals surface area contributed by atoms with E-state index in [1.165, 1.54) is 6.92 Å². The van der Waals surface area contributed by atoms with Crippen LogP contribution >= 0.6 is 11.6 Å². The lowest BCUT2D eigenvalue weighted by Gasteiger charge is -2.05. The number of hydrogen-bond donors (Lipinski definition) is 2. The Morgan fingerprint density at radius 2 is 1.88 bits per heavy atom. The Labute approximate surface area is 105 Å². The molecule has 4 nitrogen and oxygen atoms in total. The summed E-state index contributed by atoms with van der Waals surface area (Å²) in [5.74, 6) is -0.387. The third-order valence-corrected chi connectivity index (χ3v) is 2.04. The van der Waals surface area contributed by atoms with Crippen LogP contribution in [-0.2, 0) is 4.79 Å². The average molecular weight is 253 g/mol. The highest BCUT2D eigenvalue weighted by Gasteiger charge is 2.05. The third-order valence-electron chi connectivity index (χ3n) is 1.91. The number of halogens is 1. The van der Waals surface area contributed by atoms with Crippen molar-refractivity contribution in [1.82, 2.24) is 5.32 Å². The number of carbonyl (C=O) groups is 2. The molecular weight excluding hydrogens is 240 g/mol. The first kappa shape index (κ1) is 13.3. The minimum atomic E-state index is -0.235. The molecule has 0 aliphatic carbocycles. The normalized spacial score (nSPS) is 9.53. The zero-order valence-electron chi connectivity index (χ0n) is 9.42. The summed E-state index contributed by atoms with van der Waals surface area (Å²) in [5, 5.41) is 5.58. The summed E-state index contributed by atoms with van der Waals surface area (Å²) in [7, 11) is 0. The van der Waals surface area contributed by atoms with Crippen molar-refractivity contribution in [3.8, 4) is 0 Å². The van der Waals surface area contributed by atoms with E-state index in [1.807, 2.05) is 0 Å². The van der Waals surface area contributed by atoms with Crippen molar-refractivity contribution < 1.29 is 9.59 Å². The van der Waals surface area contributed by atoms with Crippen molar-refractivity contribution >= 4 is 29.1 Å². The first-order chi connectivity index (χ1) is 7.99. The topological polar surface area (TPSA) is 58.2 Å². The van der Waals surface area contributed by atoms with Crippen molar-refractivity contribution in [2.75, 3.05) is 11.9 Å². The van der Waals surface area contributed by atoms with Gasteiger partial charge >= 0.3 is 0 Å². The van der Waals surface area contributed by atoms with Crippen molar-refractivity contribution in [2.45, 2.75) is 6.92 Å². The van der Waals surface area contributed by atoms with Crippen molar-refractivity contribution in [1.29, 1.82) is 0 Å². The number of carbonyl (C=O) groups excluding carboxylic acids is 2. The quantitative estimate of drug-likeness (QED) is 0.863. The molecule has 0 unspecified atom stereocenters. The molecule has 0 aliphatic heterocycles. The minimum absolute atomic E-state index is 0.152. The van der Waals surface area contributed by atoms with Crippen LogP contribution in [0.5, 0.6) is 0 Å². The van der Waals surface area contributed by atoms with Crippen molar-refractivity contribution in [3.63, 3.8) is 0 Å². The van der Waals surface area contributed by atoms with E-state index in [9.17, 15) is 9.59 Å². The third kappa shape index (κ3) is 4.70. The van der Waals surface area contributed by atoms with Crippen LogP contribution < -0.4 is 10.6 Å². The lowest BCUT2D eigenvalue weighted by molar-refractivity contribution is -0.114. The van der Waals surface area contributed by atoms with E-state index in [4.69, 9.17) is 11.6 Å². The van der Waals surface area contributed by atoms with Gasteiger partial charge in [0.25, 0.3) is 5.91 Å². The summed E-state index contributed by atoms with van der Waals surface area (Å²) < 4.78 is 0. The Hall–Kier alpha value is -1.81. The van der Waals surface area contributed by atoms with Crippen LogP contribution in [0.3, 0.4) is 0 Å². The zero-order chi connectivity index (χ0) is 12.8. The van der Waals surface area contributed by atoms with Gasteiger partial charge in [0.15, 0.2) is 0 Å². The summed E-state index contributed by atoms with van der Waals surface area (Å²) in [6.07, 6.45) is 0. The van der Waals surface area contributed by atoms with E-state index >= 15 is 0 Å². The molecule has 1 rings (SSSR count). The number of amides is 2. The van der Waals surface area contributed by atoms with Crippen LogP contribution in [-0.4, -0.2) is 18.4 Å². The van der Waals surface area contributed by atoms with Crippen LogP contribution in [0.4, 0.5) is 5.69 Å². The van der Waals surface area contributed by atoms with E-state index in [-0.39, 0.29) is 18.4 Å². The Bertz CT molecular complexity index is 440. The second kappa shape index (κ2) is 6.06. The van der Waals surface area contributed by atoms with Crippen LogP contribution in [0.15, 0.2) is 35.9 Å². The number of anilines is 1. The largest absolute Gasteiger partial charge is 0.347 e. The zero-order valence-corrected chi connectivity index (χ0v) is 10.2. The molecule has 1 aromatic carbocycles. The predicted octanol–water partition coefficient (Wildman–Crippen LogP) is 2.13. The SMILES string of the molecule is C=C(Cl)CNC(=O)c1ccc(NC(C)=O)cc1. The molecule has 0 aromatic heterocycles. The van der Waals surface area contributed by atoms with Crippen LogP contribution in [0.2, 0.25) is 0 Å². The summed E-state index contributed by atoms with van der Waals surface area (Å²) in [6.45, 7) is 5.12. The summed E-state index contributed by atoms with van der Waals surface area (Å²) in [4.78, 5) is 22.4. The van der Waals surface area contributed by atoms with E-state index in [0.29, 0.717) is 16.3 Å². The van der Waals surface area contributed by atoms with E-state index in [2.05, 4.69) is 17.2 Å². The molecule has 17 heavy (non-hydrogen) atoms. The van der Waals surface area contributed by atoms with Gasteiger partial charge in [0, 0.05) is 23.2 Å². The second-order valence-electron chi connectivity index (χ2n) is 3.46. The van der Waals surface area contributed by atoms with Gasteiger partial charge in [-0.05, 0) is 24.3 Å². The van der Waals surface area contributed by atoms with E-state index < -0.39 is 0 Å². The molecule has 90 valence electrons. The monoisotopic (exact) mass is 252 g/mol. The van der Waals surface area contributed by atoms with Gasteiger partial charge in [-0.1, -0.05) is 18.2 Å². The first-order valence-electron chi connectivity index (χ1n) is 4.98. The lowest BCUT2D eigenvalue weighted by Crippen LogP contribution is -2.24. The molecule has 0 spiro atoms. The van der Waals surface area contributed by atoms with Crippen LogP contribution in [0.1, 0.15) is 17.3 Å². The van der Waals surface area contributed by atoms with Crippen molar-refractivity contribution in [2.24, 2.45) is 0 Å². The Kier molecular flexibility index (Phi) is 4.72. The maximum Gasteiger partial charge on any atom is 0.251 e. The molecule has 0 atom stereocenters. The molecule has 0 radical (unpaired) electrons. The highest BCUT2D eigenvalue weighted by atomic mass is 35.5. The standard InChI is InChI=1S/C12H13ClN2O2/c1-8(13)7-14-12(17)10-3-5-11(6-4-10)15-9(2)16/h3-6H,1,7H2,2H3,(H,14,17)(H,15,16). The number of hydrogen-bond acceptors (Lipinski definition) is 2. The average Bonchev–Trinajstić information content (AvgIpc) is 2.26. The van der Waals surface area contributed by atoms with Gasteiger partial charge < -0.3 is 10.6 Å². The number of nitrogens with one attached hydrogen (secondary N) is 2. The number of benzene rings is 1. The van der Waals surface area contributed by atoms with Gasteiger partial charge in [-0.2, -0.15) is 0 Å². The lowest BCUT2D eigenvalue weighted by atomic mass is 10.2. The fraction of sp³-hybridized carbons (Fsp3) is 0.167. The maximum absolute atomic E-state index is 11.6. The van der Waals surface area contributed by atoms with Gasteiger partial charge in [0.2, 0.25) is 5.91 Å². The highest BCUT2D eigenvalue weighted by molar-refractivity contribution is 6.29. The molecule has 0 saturated carbocycles. The first-order valence-corrected chi connectivity index (χ1v) is 5.36. The molecule has 2 N–H and O–H groups in total. The summed E-state index contributed by atoms with van der Waals surface area (Å²) >= 11 is 5.54. The fourth-order valence-corrected chi connectivity index (χ4v) is 1.25. The smallest absolute Gasteiger partial charge is 0.251 e. The van der Waals surface area contributed by atoms with Gasteiger partial charge in [-0.25, -0.2) is 0 Å². The molecule has 5 heteroatoms. The number of rotatable bonds is 4. The summed E-state index contributed by atoms with van der Waals surface area (Å²) in [5.41, 5.74) is 1.15. The minimum Gasteiger partial charge on any atom is -0.347 e. The molecular formula is C12H13ClN2O2. The van der Waals surface area contributed by atoms with E-state index in [1.54, 1.807) is 24.3 Å². The molecule has 0 saturated heterocycles. The van der Waals surface area contributed by atoms with Gasteiger partial charge in [-0.15, -0.1) is 0 Å². The fourth-order valence-electron chi connectivity index (χ4n) is 1.19. The van der Waals surface area contributed by atoms with E-state index in [0.717, 1.165) is 0 Å². The predicted molar refractivity (Wildman–Crippen MR) is 68.1 cm³/mol. The molecule has 0 fully saturated rings. The van der Waals surface area contributed by atoms with Gasteiger partial charge in [0.1, 0.15) is 0 Å². The van der Waals surface area contributed by atoms with Gasteiger partial charge in [-0.3, -0.25) is 9.59 Å². The van der Waals surface area contributed by atoms with Crippen molar-refractivity contribution in [3.05, 3.63) is 41.4 Å². The highest BCUT2D eigenvalue weighted by Crippen LogP contribution is 2.09. The maximum atomic E-state index is 11.6. The van der Waals surface area contributed by atoms with Crippen LogP contribution in [0, 0.1) is 0 Å². The summed E-state index contributed by atoms with van der Waals surface area (Å²) in [6, 6.07) is 6.56. The second-order valence-corrected chi connectivity index (χ2v) is 3.99. The Morgan fingerprint density at radius 1 is 1.29 bits per heavy atom. The Morgan fingerprint density at radius 3 is 2.35 bits per heavy atom. The van der Waals surface area contributed by atoms with Gasteiger partial charge in [0.05, 0.1) is 6.54 Å². The molecule has 0 heterocycles. The molecule has 0 aliphatic rings. The molecule has 0 bridgehead atoms. The molecule has 1 aromatic rings.